The summed E-state index contributed by atoms with van der Waals surface area (Å²) in [6.45, 7) is 2.77. The second-order valence-electron chi connectivity index (χ2n) is 6.97. The van der Waals surface area contributed by atoms with Crippen LogP contribution in [0.3, 0.4) is 0 Å². The molecule has 0 saturated carbocycles. The van der Waals surface area contributed by atoms with E-state index in [4.69, 9.17) is 11.6 Å². The van der Waals surface area contributed by atoms with Crippen molar-refractivity contribution in [1.82, 2.24) is 4.57 Å². The van der Waals surface area contributed by atoms with Crippen LogP contribution in [0.25, 0.3) is 10.9 Å². The number of aryl methyl sites for hydroxylation is 1. The number of fused-ring (bicyclic) bond motifs is 1. The Hall–Kier alpha value is -2.69. The first-order valence-corrected chi connectivity index (χ1v) is 10.8. The lowest BCUT2D eigenvalue weighted by Gasteiger charge is -2.06. The van der Waals surface area contributed by atoms with Crippen molar-refractivity contribution in [2.24, 2.45) is 0 Å². The Morgan fingerprint density at radius 1 is 1.03 bits per heavy atom. The minimum Gasteiger partial charge on any atom is -0.342 e. The van der Waals surface area contributed by atoms with Gasteiger partial charge in [-0.1, -0.05) is 54.1 Å². The first-order chi connectivity index (χ1) is 14.1. The fraction of sp³-hybridized carbons (Fsp3) is 0.125. The predicted octanol–water partition coefficient (Wildman–Crippen LogP) is 6.38. The molecule has 0 atom stereocenters. The number of benzene rings is 3. The molecule has 29 heavy (non-hydrogen) atoms. The van der Waals surface area contributed by atoms with Crippen LogP contribution in [0.5, 0.6) is 0 Å². The van der Waals surface area contributed by atoms with Crippen LogP contribution < -0.4 is 5.32 Å². The van der Waals surface area contributed by atoms with E-state index in [-0.39, 0.29) is 5.91 Å². The van der Waals surface area contributed by atoms with E-state index in [2.05, 4.69) is 28.2 Å². The van der Waals surface area contributed by atoms with Crippen molar-refractivity contribution in [3.63, 3.8) is 0 Å². The number of nitrogens with zero attached hydrogens (tertiary/aromatic N) is 1. The Morgan fingerprint density at radius 3 is 2.62 bits per heavy atom. The Labute approximate surface area is 179 Å². The van der Waals surface area contributed by atoms with Crippen LogP contribution in [0.4, 0.5) is 5.69 Å². The highest BCUT2D eigenvalue weighted by Gasteiger charge is 2.11. The average molecular weight is 421 g/mol. The summed E-state index contributed by atoms with van der Waals surface area (Å²) in [6, 6.07) is 24.0. The number of nitrogens with one attached hydrogen (secondary N) is 1. The standard InChI is InChI=1S/C24H21ClN2OS/c1-17-5-4-6-20(13-17)26-24(28)16-29-23-15-27(22-8-3-2-7-21(22)23)14-18-9-11-19(25)12-10-18/h2-13,15H,14,16H2,1H3,(H,26,28). The number of halogens is 1. The van der Waals surface area contributed by atoms with E-state index in [1.807, 2.05) is 67.6 Å². The van der Waals surface area contributed by atoms with Gasteiger partial charge in [-0.3, -0.25) is 4.79 Å². The lowest BCUT2D eigenvalue weighted by Crippen LogP contribution is -2.13. The topological polar surface area (TPSA) is 34.0 Å². The van der Waals surface area contributed by atoms with Gasteiger partial charge in [0.25, 0.3) is 0 Å². The van der Waals surface area contributed by atoms with Crippen molar-refractivity contribution in [3.8, 4) is 0 Å². The Kier molecular flexibility index (Phi) is 5.93. The predicted molar refractivity (Wildman–Crippen MR) is 123 cm³/mol. The minimum absolute atomic E-state index is 0.00451. The highest BCUT2D eigenvalue weighted by Crippen LogP contribution is 2.30. The van der Waals surface area contributed by atoms with Crippen molar-refractivity contribution in [2.45, 2.75) is 18.4 Å². The largest absolute Gasteiger partial charge is 0.342 e. The number of para-hydroxylation sites is 1. The van der Waals surface area contributed by atoms with Crippen LogP contribution in [0.2, 0.25) is 5.02 Å². The fourth-order valence-corrected chi connectivity index (χ4v) is 4.32. The molecule has 0 aliphatic rings. The lowest BCUT2D eigenvalue weighted by molar-refractivity contribution is -0.113. The molecular weight excluding hydrogens is 400 g/mol. The molecule has 0 unspecified atom stereocenters. The molecule has 0 radical (unpaired) electrons. The number of anilines is 1. The summed E-state index contributed by atoms with van der Waals surface area (Å²) in [5, 5.41) is 4.87. The van der Waals surface area contributed by atoms with Gasteiger partial charge in [0.1, 0.15) is 0 Å². The highest BCUT2D eigenvalue weighted by molar-refractivity contribution is 8.00. The second kappa shape index (κ2) is 8.76. The molecule has 1 amide bonds. The van der Waals surface area contributed by atoms with E-state index in [1.54, 1.807) is 11.8 Å². The Balaban J connectivity index is 1.50. The van der Waals surface area contributed by atoms with E-state index in [9.17, 15) is 4.79 Å². The number of hydrogen-bond acceptors (Lipinski definition) is 2. The third kappa shape index (κ3) is 4.84. The quantitative estimate of drug-likeness (QED) is 0.367. The number of thioether (sulfide) groups is 1. The monoisotopic (exact) mass is 420 g/mol. The van der Waals surface area contributed by atoms with Crippen LogP contribution in [-0.4, -0.2) is 16.2 Å². The molecule has 0 saturated heterocycles. The van der Waals surface area contributed by atoms with Gasteiger partial charge in [0.05, 0.1) is 5.75 Å². The van der Waals surface area contributed by atoms with Crippen LogP contribution in [-0.2, 0) is 11.3 Å². The van der Waals surface area contributed by atoms with Gasteiger partial charge in [0, 0.05) is 39.3 Å². The summed E-state index contributed by atoms with van der Waals surface area (Å²) in [5.74, 6) is 0.359. The van der Waals surface area contributed by atoms with Crippen LogP contribution in [0, 0.1) is 6.92 Å². The number of hydrogen-bond donors (Lipinski definition) is 1. The fourth-order valence-electron chi connectivity index (χ4n) is 3.31. The molecule has 1 heterocycles. The van der Waals surface area contributed by atoms with E-state index >= 15 is 0 Å². The zero-order chi connectivity index (χ0) is 20.2. The summed E-state index contributed by atoms with van der Waals surface area (Å²) >= 11 is 7.56. The zero-order valence-corrected chi connectivity index (χ0v) is 17.6. The van der Waals surface area contributed by atoms with Crippen LogP contribution in [0.1, 0.15) is 11.1 Å². The van der Waals surface area contributed by atoms with Crippen molar-refractivity contribution in [1.29, 1.82) is 0 Å². The van der Waals surface area contributed by atoms with Gasteiger partial charge >= 0.3 is 0 Å². The summed E-state index contributed by atoms with van der Waals surface area (Å²) in [4.78, 5) is 13.5. The molecule has 0 spiro atoms. The Bertz CT molecular complexity index is 1150. The van der Waals surface area contributed by atoms with Crippen molar-refractivity contribution < 1.29 is 4.79 Å². The number of carbonyl (C=O) groups excluding carboxylic acids is 1. The SMILES string of the molecule is Cc1cccc(NC(=O)CSc2cn(Cc3ccc(Cl)cc3)c3ccccc23)c1. The van der Waals surface area contributed by atoms with Crippen LogP contribution in [0.15, 0.2) is 83.9 Å². The van der Waals surface area contributed by atoms with Crippen LogP contribution >= 0.6 is 23.4 Å². The molecular formula is C24H21ClN2OS. The summed E-state index contributed by atoms with van der Waals surface area (Å²) < 4.78 is 2.22. The van der Waals surface area contributed by atoms with Crippen molar-refractivity contribution >= 4 is 45.9 Å². The molecule has 4 rings (SSSR count). The minimum atomic E-state index is -0.00451. The van der Waals surface area contributed by atoms with Crippen molar-refractivity contribution in [3.05, 3.63) is 95.1 Å². The van der Waals surface area contributed by atoms with Gasteiger partial charge in [-0.25, -0.2) is 0 Å². The van der Waals surface area contributed by atoms with Crippen molar-refractivity contribution in [2.75, 3.05) is 11.1 Å². The molecule has 0 fully saturated rings. The van der Waals surface area contributed by atoms with Gasteiger partial charge in [-0.2, -0.15) is 0 Å². The molecule has 1 N–H and O–H groups in total. The molecule has 0 aliphatic carbocycles. The van der Waals surface area contributed by atoms with E-state index in [0.717, 1.165) is 38.6 Å². The maximum absolute atomic E-state index is 12.4. The number of amides is 1. The molecule has 146 valence electrons. The number of aromatic nitrogens is 1. The van der Waals surface area contributed by atoms with Gasteiger partial charge < -0.3 is 9.88 Å². The maximum Gasteiger partial charge on any atom is 0.234 e. The maximum atomic E-state index is 12.4. The molecule has 3 aromatic carbocycles. The summed E-state index contributed by atoms with van der Waals surface area (Å²) in [6.07, 6.45) is 2.13. The first-order valence-electron chi connectivity index (χ1n) is 9.40. The second-order valence-corrected chi connectivity index (χ2v) is 8.42. The van der Waals surface area contributed by atoms with Gasteiger partial charge in [0.15, 0.2) is 0 Å². The Morgan fingerprint density at radius 2 is 1.83 bits per heavy atom. The molecule has 3 nitrogen and oxygen atoms in total. The summed E-state index contributed by atoms with van der Waals surface area (Å²) in [7, 11) is 0. The number of rotatable bonds is 6. The number of carbonyl (C=O) groups is 1. The van der Waals surface area contributed by atoms with E-state index in [1.165, 1.54) is 5.56 Å². The molecule has 5 heteroatoms. The third-order valence-electron chi connectivity index (χ3n) is 4.68. The third-order valence-corrected chi connectivity index (χ3v) is 5.97. The smallest absolute Gasteiger partial charge is 0.234 e. The molecule has 4 aromatic rings. The normalized spacial score (nSPS) is 11.0. The highest BCUT2D eigenvalue weighted by atomic mass is 35.5. The van der Waals surface area contributed by atoms with Gasteiger partial charge in [0.2, 0.25) is 5.91 Å². The molecule has 0 bridgehead atoms. The lowest BCUT2D eigenvalue weighted by atomic mass is 10.2. The summed E-state index contributed by atoms with van der Waals surface area (Å²) in [5.41, 5.74) is 4.30. The van der Waals surface area contributed by atoms with E-state index < -0.39 is 0 Å². The molecule has 1 aromatic heterocycles. The average Bonchev–Trinajstić information content (AvgIpc) is 3.06. The van der Waals surface area contributed by atoms with Gasteiger partial charge in [-0.05, 0) is 48.4 Å². The van der Waals surface area contributed by atoms with E-state index in [0.29, 0.717) is 5.75 Å². The first kappa shape index (κ1) is 19.6. The van der Waals surface area contributed by atoms with Gasteiger partial charge in [-0.15, -0.1) is 11.8 Å². The zero-order valence-electron chi connectivity index (χ0n) is 16.1. The molecule has 0 aliphatic heterocycles.